The van der Waals surface area contributed by atoms with Gasteiger partial charge in [-0.3, -0.25) is 14.8 Å². The van der Waals surface area contributed by atoms with Crippen LogP contribution in [0.1, 0.15) is 46.1 Å². The SMILES string of the molecule is CCN(CC)CCCC(C)N=C(C)c1c(O)n(-c2ccccc2)c(=O)[nH]c1=O. The summed E-state index contributed by atoms with van der Waals surface area (Å²) in [6.07, 6.45) is 1.89. The molecule has 1 atom stereocenters. The summed E-state index contributed by atoms with van der Waals surface area (Å²) < 4.78 is 1.08. The van der Waals surface area contributed by atoms with Crippen LogP contribution in [0.5, 0.6) is 5.88 Å². The standard InChI is InChI=1S/C21H30N4O3/c1-5-24(6-2)14-10-11-15(3)22-16(4)18-19(26)23-21(28)25(20(18)27)17-12-8-7-9-13-17/h7-9,12-13,15,27H,5-6,10-11,14H2,1-4H3,(H,23,26,28). The minimum absolute atomic E-state index is 0.00599. The highest BCUT2D eigenvalue weighted by molar-refractivity contribution is 6.00. The molecule has 7 heteroatoms. The van der Waals surface area contributed by atoms with Crippen molar-refractivity contribution in [1.29, 1.82) is 0 Å². The van der Waals surface area contributed by atoms with Gasteiger partial charge in [0.25, 0.3) is 5.56 Å². The number of rotatable bonds is 9. The molecule has 0 bridgehead atoms. The van der Waals surface area contributed by atoms with E-state index < -0.39 is 17.1 Å². The summed E-state index contributed by atoms with van der Waals surface area (Å²) in [7, 11) is 0. The molecule has 28 heavy (non-hydrogen) atoms. The number of H-pyrrole nitrogens is 1. The lowest BCUT2D eigenvalue weighted by Crippen LogP contribution is -2.33. The molecule has 1 aromatic heterocycles. The molecule has 0 aliphatic heterocycles. The van der Waals surface area contributed by atoms with Gasteiger partial charge < -0.3 is 10.0 Å². The van der Waals surface area contributed by atoms with E-state index >= 15 is 0 Å². The summed E-state index contributed by atoms with van der Waals surface area (Å²) in [5.41, 5.74) is -0.399. The van der Waals surface area contributed by atoms with Crippen molar-refractivity contribution >= 4 is 5.71 Å². The molecule has 2 rings (SSSR count). The van der Waals surface area contributed by atoms with Gasteiger partial charge in [-0.25, -0.2) is 9.36 Å². The van der Waals surface area contributed by atoms with Crippen molar-refractivity contribution in [3.63, 3.8) is 0 Å². The van der Waals surface area contributed by atoms with Gasteiger partial charge in [-0.05, 0) is 58.5 Å². The summed E-state index contributed by atoms with van der Waals surface area (Å²) in [4.78, 5) is 33.8. The molecule has 0 aliphatic rings. The number of hydrogen-bond donors (Lipinski definition) is 2. The van der Waals surface area contributed by atoms with E-state index in [4.69, 9.17) is 0 Å². The maximum absolute atomic E-state index is 12.3. The number of nitrogens with zero attached hydrogens (tertiary/aromatic N) is 3. The van der Waals surface area contributed by atoms with Crippen molar-refractivity contribution in [3.05, 3.63) is 56.7 Å². The Balaban J connectivity index is 2.27. The van der Waals surface area contributed by atoms with Crippen LogP contribution in [0.3, 0.4) is 0 Å². The van der Waals surface area contributed by atoms with Gasteiger partial charge in [0.15, 0.2) is 0 Å². The van der Waals surface area contributed by atoms with Gasteiger partial charge >= 0.3 is 5.69 Å². The van der Waals surface area contributed by atoms with Crippen molar-refractivity contribution < 1.29 is 5.11 Å². The smallest absolute Gasteiger partial charge is 0.335 e. The highest BCUT2D eigenvalue weighted by Gasteiger charge is 2.18. The molecule has 0 fully saturated rings. The van der Waals surface area contributed by atoms with E-state index in [1.807, 2.05) is 13.0 Å². The van der Waals surface area contributed by atoms with Crippen molar-refractivity contribution in [1.82, 2.24) is 14.5 Å². The number of hydrogen-bond acceptors (Lipinski definition) is 5. The number of aromatic nitrogens is 2. The molecule has 0 radical (unpaired) electrons. The summed E-state index contributed by atoms with van der Waals surface area (Å²) in [5, 5.41) is 10.7. The molecular weight excluding hydrogens is 356 g/mol. The van der Waals surface area contributed by atoms with Crippen LogP contribution in [0.15, 0.2) is 44.9 Å². The molecule has 0 aliphatic carbocycles. The van der Waals surface area contributed by atoms with Crippen molar-refractivity contribution in [2.24, 2.45) is 4.99 Å². The van der Waals surface area contributed by atoms with E-state index in [-0.39, 0.29) is 11.6 Å². The Bertz CT molecular complexity index is 911. The van der Waals surface area contributed by atoms with Crippen LogP contribution in [0.25, 0.3) is 5.69 Å². The Kier molecular flexibility index (Phi) is 7.75. The lowest BCUT2D eigenvalue weighted by atomic mass is 10.1. The first-order valence-corrected chi connectivity index (χ1v) is 9.79. The Morgan fingerprint density at radius 2 is 1.86 bits per heavy atom. The van der Waals surface area contributed by atoms with Gasteiger partial charge in [0.1, 0.15) is 5.56 Å². The maximum atomic E-state index is 12.3. The summed E-state index contributed by atoms with van der Waals surface area (Å²) in [5.74, 6) is -0.392. The molecule has 0 saturated heterocycles. The van der Waals surface area contributed by atoms with Crippen LogP contribution in [0, 0.1) is 0 Å². The van der Waals surface area contributed by atoms with E-state index in [2.05, 4.69) is 28.7 Å². The Morgan fingerprint density at radius 1 is 1.21 bits per heavy atom. The number of aromatic amines is 1. The van der Waals surface area contributed by atoms with Crippen LogP contribution in [0.2, 0.25) is 0 Å². The minimum atomic E-state index is -0.683. The van der Waals surface area contributed by atoms with Crippen molar-refractivity contribution in [2.75, 3.05) is 19.6 Å². The average molecular weight is 386 g/mol. The van der Waals surface area contributed by atoms with Gasteiger partial charge in [0.05, 0.1) is 11.4 Å². The second kappa shape index (κ2) is 10.0. The number of nitrogens with one attached hydrogen (secondary N) is 1. The lowest BCUT2D eigenvalue weighted by molar-refractivity contribution is 0.294. The second-order valence-corrected chi connectivity index (χ2v) is 6.86. The van der Waals surface area contributed by atoms with Crippen LogP contribution in [-0.4, -0.2) is 50.9 Å². The molecule has 2 N–H and O–H groups in total. The minimum Gasteiger partial charge on any atom is -0.493 e. The molecule has 1 heterocycles. The van der Waals surface area contributed by atoms with Gasteiger partial charge in [0.2, 0.25) is 5.88 Å². The largest absolute Gasteiger partial charge is 0.493 e. The number of benzene rings is 1. The van der Waals surface area contributed by atoms with Crippen LogP contribution in [-0.2, 0) is 0 Å². The normalized spacial score (nSPS) is 13.1. The third-order valence-electron chi connectivity index (χ3n) is 4.87. The molecule has 0 saturated carbocycles. The first-order valence-electron chi connectivity index (χ1n) is 9.79. The van der Waals surface area contributed by atoms with E-state index in [0.717, 1.165) is 37.0 Å². The van der Waals surface area contributed by atoms with E-state index in [1.165, 1.54) is 0 Å². The van der Waals surface area contributed by atoms with Gasteiger partial charge in [0, 0.05) is 6.04 Å². The second-order valence-electron chi connectivity index (χ2n) is 6.86. The molecule has 1 aromatic carbocycles. The summed E-state index contributed by atoms with van der Waals surface area (Å²) >= 11 is 0. The molecule has 2 aromatic rings. The summed E-state index contributed by atoms with van der Waals surface area (Å²) in [6.45, 7) is 11.0. The third-order valence-corrected chi connectivity index (χ3v) is 4.87. The first-order chi connectivity index (χ1) is 13.4. The van der Waals surface area contributed by atoms with Crippen molar-refractivity contribution in [3.8, 4) is 11.6 Å². The van der Waals surface area contributed by atoms with Crippen molar-refractivity contribution in [2.45, 2.75) is 46.6 Å². The van der Waals surface area contributed by atoms with E-state index in [1.54, 1.807) is 31.2 Å². The topological polar surface area (TPSA) is 90.7 Å². The first kappa shape index (κ1) is 21.6. The third kappa shape index (κ3) is 5.19. The van der Waals surface area contributed by atoms with E-state index in [9.17, 15) is 14.7 Å². The van der Waals surface area contributed by atoms with Gasteiger partial charge in [-0.1, -0.05) is 32.0 Å². The predicted octanol–water partition coefficient (Wildman–Crippen LogP) is 2.55. The number of aromatic hydroxyl groups is 1. The average Bonchev–Trinajstić information content (AvgIpc) is 2.65. The summed E-state index contributed by atoms with van der Waals surface area (Å²) in [6, 6.07) is 8.70. The molecule has 152 valence electrons. The lowest BCUT2D eigenvalue weighted by Gasteiger charge is -2.18. The molecule has 0 spiro atoms. The highest BCUT2D eigenvalue weighted by atomic mass is 16.3. The zero-order valence-corrected chi connectivity index (χ0v) is 17.1. The van der Waals surface area contributed by atoms with Gasteiger partial charge in [-0.15, -0.1) is 0 Å². The molecule has 0 amide bonds. The molecular formula is C21H30N4O3. The quantitative estimate of drug-likeness (QED) is 0.648. The Labute approximate surface area is 165 Å². The zero-order chi connectivity index (χ0) is 20.7. The maximum Gasteiger partial charge on any atom is 0.335 e. The molecule has 7 nitrogen and oxygen atoms in total. The van der Waals surface area contributed by atoms with Crippen LogP contribution < -0.4 is 11.2 Å². The highest BCUT2D eigenvalue weighted by Crippen LogP contribution is 2.17. The van der Waals surface area contributed by atoms with Crippen LogP contribution >= 0.6 is 0 Å². The predicted molar refractivity (Wildman–Crippen MR) is 113 cm³/mol. The zero-order valence-electron chi connectivity index (χ0n) is 17.1. The number of aliphatic imine (C=N–C) groups is 1. The van der Waals surface area contributed by atoms with E-state index in [0.29, 0.717) is 11.4 Å². The Hall–Kier alpha value is -2.67. The molecule has 1 unspecified atom stereocenters. The van der Waals surface area contributed by atoms with Gasteiger partial charge in [-0.2, -0.15) is 0 Å². The van der Waals surface area contributed by atoms with Crippen LogP contribution in [0.4, 0.5) is 0 Å². The fourth-order valence-electron chi connectivity index (χ4n) is 3.28. The monoisotopic (exact) mass is 386 g/mol. The number of para-hydroxylation sites is 1. The fraction of sp³-hybridized carbons (Fsp3) is 0.476. The fourth-order valence-corrected chi connectivity index (χ4v) is 3.28. The Morgan fingerprint density at radius 3 is 2.46 bits per heavy atom.